The van der Waals surface area contributed by atoms with Gasteiger partial charge in [-0.05, 0) is 30.4 Å². The van der Waals surface area contributed by atoms with Crippen LogP contribution in [0.15, 0.2) is 53.8 Å². The maximum Gasteiger partial charge on any atom is 0.215 e. The Labute approximate surface area is 141 Å². The van der Waals surface area contributed by atoms with Gasteiger partial charge in [-0.3, -0.25) is 9.56 Å². The third kappa shape index (κ3) is 2.42. The highest BCUT2D eigenvalue weighted by atomic mass is 32.1. The van der Waals surface area contributed by atoms with Crippen LogP contribution in [-0.4, -0.2) is 15.9 Å². The molecule has 0 saturated carbocycles. The van der Waals surface area contributed by atoms with Crippen molar-refractivity contribution < 1.29 is 10.1 Å². The van der Waals surface area contributed by atoms with Crippen LogP contribution in [0.3, 0.4) is 0 Å². The zero-order chi connectivity index (χ0) is 15.8. The number of aromatic hydroxyl groups is 1. The van der Waals surface area contributed by atoms with Crippen LogP contribution >= 0.6 is 23.6 Å². The van der Waals surface area contributed by atoms with E-state index in [1.807, 2.05) is 54.9 Å². The number of nitrogens with zero attached hydrogens (tertiary/aromatic N) is 2. The van der Waals surface area contributed by atoms with Crippen LogP contribution in [0.1, 0.15) is 10.4 Å². The van der Waals surface area contributed by atoms with Crippen LogP contribution in [0.25, 0.3) is 17.3 Å². The molecule has 0 fully saturated rings. The lowest BCUT2D eigenvalue weighted by Gasteiger charge is -2.02. The van der Waals surface area contributed by atoms with Gasteiger partial charge in [-0.25, -0.2) is 4.98 Å². The number of allylic oxidation sites excluding steroid dienone is 1. The topological polar surface area (TPSA) is 51.7 Å². The van der Waals surface area contributed by atoms with Gasteiger partial charge in [0.15, 0.2) is 16.3 Å². The Morgan fingerprint density at radius 3 is 2.91 bits per heavy atom. The van der Waals surface area contributed by atoms with E-state index in [0.29, 0.717) is 3.95 Å². The molecule has 1 aliphatic rings. The van der Waals surface area contributed by atoms with E-state index < -0.39 is 0 Å². The third-order valence-corrected chi connectivity index (χ3v) is 4.92. The molecule has 1 aliphatic heterocycles. The molecule has 2 aromatic heterocycles. The minimum Gasteiger partial charge on any atom is -0.493 e. The summed E-state index contributed by atoms with van der Waals surface area (Å²) >= 11 is 6.78. The average molecular weight is 338 g/mol. The Morgan fingerprint density at radius 1 is 1.22 bits per heavy atom. The number of pyridine rings is 1. The molecule has 23 heavy (non-hydrogen) atoms. The third-order valence-electron chi connectivity index (χ3n) is 3.61. The number of hydrogen-bond donors (Lipinski definition) is 1. The Morgan fingerprint density at radius 2 is 2.09 bits per heavy atom. The summed E-state index contributed by atoms with van der Waals surface area (Å²) in [6.07, 6.45) is 7.35. The van der Waals surface area contributed by atoms with Crippen molar-refractivity contribution in [2.24, 2.45) is 4.99 Å². The number of H-pyrrole nitrogens is 1. The van der Waals surface area contributed by atoms with Crippen LogP contribution in [0.4, 0.5) is 5.69 Å². The second kappa shape index (κ2) is 5.57. The number of aromatic nitrogens is 2. The smallest absolute Gasteiger partial charge is 0.215 e. The van der Waals surface area contributed by atoms with E-state index in [-0.39, 0.29) is 5.88 Å². The molecule has 6 heteroatoms. The zero-order valence-corrected chi connectivity index (χ0v) is 13.6. The number of aliphatic imine (C=N–C) groups is 1. The van der Waals surface area contributed by atoms with E-state index >= 15 is 0 Å². The van der Waals surface area contributed by atoms with Crippen molar-refractivity contribution in [3.63, 3.8) is 0 Å². The molecule has 0 unspecified atom stereocenters. The summed E-state index contributed by atoms with van der Waals surface area (Å²) in [6, 6.07) is 11.7. The highest BCUT2D eigenvalue weighted by Crippen LogP contribution is 2.36. The van der Waals surface area contributed by atoms with Gasteiger partial charge in [-0.15, -0.1) is 11.3 Å². The minimum atomic E-state index is 0.143. The Hall–Kier alpha value is -2.57. The van der Waals surface area contributed by atoms with Gasteiger partial charge >= 0.3 is 0 Å². The van der Waals surface area contributed by atoms with Crippen LogP contribution in [0.2, 0.25) is 0 Å². The predicted molar refractivity (Wildman–Crippen MR) is 95.2 cm³/mol. The van der Waals surface area contributed by atoms with Gasteiger partial charge in [0.1, 0.15) is 5.69 Å². The molecule has 4 nitrogen and oxygen atoms in total. The first-order chi connectivity index (χ1) is 11.2. The quantitative estimate of drug-likeness (QED) is 0.717. The highest BCUT2D eigenvalue weighted by molar-refractivity contribution is 7.73. The number of benzene rings is 1. The number of aromatic amines is 1. The molecule has 0 atom stereocenters. The molecule has 3 heterocycles. The molecular formula is C17H12N3OS2+. The van der Waals surface area contributed by atoms with E-state index in [0.717, 1.165) is 27.4 Å². The fourth-order valence-electron chi connectivity index (χ4n) is 2.52. The van der Waals surface area contributed by atoms with Crippen molar-refractivity contribution in [1.29, 1.82) is 0 Å². The van der Waals surface area contributed by atoms with Crippen molar-refractivity contribution in [3.05, 3.63) is 63.2 Å². The fraction of sp³-hybridized carbons (Fsp3) is 0. The van der Waals surface area contributed by atoms with E-state index in [1.54, 1.807) is 10.8 Å². The average Bonchev–Trinajstić information content (AvgIpc) is 3.10. The molecule has 0 saturated heterocycles. The molecule has 3 aromatic rings. The minimum absolute atomic E-state index is 0.143. The van der Waals surface area contributed by atoms with Crippen molar-refractivity contribution in [3.8, 4) is 11.6 Å². The summed E-state index contributed by atoms with van der Waals surface area (Å²) in [4.78, 5) is 8.10. The summed E-state index contributed by atoms with van der Waals surface area (Å²) < 4.78 is 2.25. The van der Waals surface area contributed by atoms with E-state index in [9.17, 15) is 5.11 Å². The lowest BCUT2D eigenvalue weighted by molar-refractivity contribution is -0.377. The van der Waals surface area contributed by atoms with Crippen LogP contribution in [-0.2, 0) is 0 Å². The molecule has 0 spiro atoms. The first-order valence-corrected chi connectivity index (χ1v) is 8.23. The predicted octanol–water partition coefficient (Wildman–Crippen LogP) is 4.04. The maximum absolute atomic E-state index is 10.6. The molecule has 0 radical (unpaired) electrons. The zero-order valence-electron chi connectivity index (χ0n) is 11.9. The number of fused-ring (bicyclic) bond motifs is 1. The van der Waals surface area contributed by atoms with Gasteiger partial charge in [0.2, 0.25) is 5.88 Å². The van der Waals surface area contributed by atoms with Crippen molar-refractivity contribution in [2.45, 2.75) is 0 Å². The summed E-state index contributed by atoms with van der Waals surface area (Å²) in [5, 5.41) is 10.6. The Bertz CT molecular complexity index is 1000. The van der Waals surface area contributed by atoms with E-state index in [1.165, 1.54) is 11.3 Å². The summed E-state index contributed by atoms with van der Waals surface area (Å²) in [5.41, 5.74) is 3.78. The molecule has 4 rings (SSSR count). The van der Waals surface area contributed by atoms with Gasteiger partial charge in [0, 0.05) is 23.4 Å². The van der Waals surface area contributed by atoms with Crippen LogP contribution in [0, 0.1) is 3.95 Å². The largest absolute Gasteiger partial charge is 0.493 e. The summed E-state index contributed by atoms with van der Waals surface area (Å²) in [5.74, 6) is 0.143. The van der Waals surface area contributed by atoms with Crippen molar-refractivity contribution >= 4 is 47.1 Å². The molecule has 0 bridgehead atoms. The second-order valence-electron chi connectivity index (χ2n) is 5.03. The van der Waals surface area contributed by atoms with E-state index in [4.69, 9.17) is 12.2 Å². The lowest BCUT2D eigenvalue weighted by Crippen LogP contribution is -2.03. The molecule has 2 N–H and O–H groups in total. The maximum atomic E-state index is 10.6. The number of rotatable bonds is 2. The molecular weight excluding hydrogens is 326 g/mol. The summed E-state index contributed by atoms with van der Waals surface area (Å²) in [6.45, 7) is 0. The van der Waals surface area contributed by atoms with Gasteiger partial charge in [0.05, 0.1) is 10.6 Å². The van der Waals surface area contributed by atoms with Crippen molar-refractivity contribution in [2.75, 3.05) is 0 Å². The standard InChI is InChI=1S/C17H11N3OS2/c21-16-15(8-11-9-19-14-6-2-1-5-13(11)14)23-17(22)20(16)12-4-3-7-18-10-12/h1-10,21H/p+1/b11-8+. The van der Waals surface area contributed by atoms with Gasteiger partial charge in [-0.2, -0.15) is 0 Å². The van der Waals surface area contributed by atoms with Crippen molar-refractivity contribution in [1.82, 2.24) is 4.57 Å². The van der Waals surface area contributed by atoms with Gasteiger partial charge in [-0.1, -0.05) is 18.2 Å². The highest BCUT2D eigenvalue weighted by Gasteiger charge is 2.16. The second-order valence-corrected chi connectivity index (χ2v) is 6.70. The van der Waals surface area contributed by atoms with Crippen LogP contribution < -0.4 is 4.98 Å². The van der Waals surface area contributed by atoms with E-state index in [2.05, 4.69) is 9.98 Å². The fourth-order valence-corrected chi connectivity index (χ4v) is 3.82. The lowest BCUT2D eigenvalue weighted by atomic mass is 10.1. The molecule has 1 aromatic carbocycles. The number of hydrogen-bond acceptors (Lipinski definition) is 4. The van der Waals surface area contributed by atoms with Crippen LogP contribution in [0.5, 0.6) is 5.88 Å². The normalized spacial score (nSPS) is 14.3. The number of nitrogens with one attached hydrogen (secondary N) is 1. The SMILES string of the molecule is Oc1c(/C=C2\C=Nc3ccccc32)sc(=S)n1-c1ccc[nH+]c1. The molecule has 112 valence electrons. The monoisotopic (exact) mass is 338 g/mol. The first kappa shape index (κ1) is 14.0. The summed E-state index contributed by atoms with van der Waals surface area (Å²) in [7, 11) is 0. The first-order valence-electron chi connectivity index (χ1n) is 7.00. The van der Waals surface area contributed by atoms with Gasteiger partial charge < -0.3 is 5.11 Å². The molecule has 0 amide bonds. The number of thiazole rings is 1. The van der Waals surface area contributed by atoms with Gasteiger partial charge in [0.25, 0.3) is 0 Å². The Kier molecular flexibility index (Phi) is 3.40. The Balaban J connectivity index is 1.83. The molecule has 0 aliphatic carbocycles. The number of para-hydroxylation sites is 1.